The highest BCUT2D eigenvalue weighted by molar-refractivity contribution is 7.11. The van der Waals surface area contributed by atoms with Gasteiger partial charge in [0.2, 0.25) is 0 Å². The first-order valence-electron chi connectivity index (χ1n) is 7.79. The lowest BCUT2D eigenvalue weighted by Crippen LogP contribution is -2.73. The summed E-state index contributed by atoms with van der Waals surface area (Å²) >= 11 is 1.77. The maximum absolute atomic E-state index is 6.62. The number of hydrogen-bond acceptors (Lipinski definition) is 5. The quantitative estimate of drug-likeness (QED) is 0.848. The minimum Gasteiger partial charge on any atom is -0.378 e. The number of nitrogens with zero attached hydrogens (tertiary/aromatic N) is 1. The molecule has 21 heavy (non-hydrogen) atoms. The van der Waals surface area contributed by atoms with Crippen molar-refractivity contribution in [2.75, 3.05) is 13.2 Å². The van der Waals surface area contributed by atoms with Gasteiger partial charge in [0.25, 0.3) is 0 Å². The Hall–Kier alpha value is -0.490. The number of thiazole rings is 1. The number of hydrogen-bond donors (Lipinski definition) is 2. The molecule has 1 aromatic rings. The van der Waals surface area contributed by atoms with Gasteiger partial charge >= 0.3 is 0 Å². The summed E-state index contributed by atoms with van der Waals surface area (Å²) in [5.41, 5.74) is 7.55. The molecule has 3 atom stereocenters. The third-order valence-corrected chi connectivity index (χ3v) is 6.32. The van der Waals surface area contributed by atoms with Gasteiger partial charge in [0, 0.05) is 35.0 Å². The van der Waals surface area contributed by atoms with Gasteiger partial charge in [0.15, 0.2) is 0 Å². The lowest BCUT2D eigenvalue weighted by Gasteiger charge is -2.59. The number of ether oxygens (including phenoxy) is 1. The molecule has 1 saturated carbocycles. The Labute approximate surface area is 132 Å². The van der Waals surface area contributed by atoms with Crippen LogP contribution in [0.3, 0.4) is 0 Å². The maximum Gasteiger partial charge on any atom is 0.0900 e. The van der Waals surface area contributed by atoms with E-state index in [1.54, 1.807) is 11.3 Å². The molecule has 1 aromatic heterocycles. The molecule has 2 rings (SSSR count). The van der Waals surface area contributed by atoms with Crippen LogP contribution in [0.15, 0.2) is 0 Å². The van der Waals surface area contributed by atoms with E-state index in [9.17, 15) is 0 Å². The van der Waals surface area contributed by atoms with Crippen LogP contribution in [-0.4, -0.2) is 29.8 Å². The maximum atomic E-state index is 6.62. The fourth-order valence-corrected chi connectivity index (χ4v) is 4.14. The zero-order valence-corrected chi connectivity index (χ0v) is 14.9. The van der Waals surface area contributed by atoms with Gasteiger partial charge in [-0.15, -0.1) is 11.3 Å². The number of nitrogens with two attached hydrogens (primary N) is 1. The van der Waals surface area contributed by atoms with Crippen molar-refractivity contribution in [3.8, 4) is 0 Å². The zero-order chi connectivity index (χ0) is 15.8. The molecule has 0 spiro atoms. The number of nitrogens with one attached hydrogen (secondary N) is 1. The minimum absolute atomic E-state index is 0.00832. The highest BCUT2D eigenvalue weighted by atomic mass is 32.1. The second kappa shape index (κ2) is 5.95. The number of aromatic nitrogens is 1. The molecule has 1 fully saturated rings. The molecule has 1 aliphatic carbocycles. The summed E-state index contributed by atoms with van der Waals surface area (Å²) in [7, 11) is 0. The number of aryl methyl sites for hydroxylation is 2. The SMILES string of the molecule is CCOC1CC(N)(CNC(C)c2sc(C)nc2C)C1(C)C. The van der Waals surface area contributed by atoms with Crippen molar-refractivity contribution in [1.82, 2.24) is 10.3 Å². The topological polar surface area (TPSA) is 60.2 Å². The minimum atomic E-state index is -0.200. The molecular formula is C16H29N3OS. The largest absolute Gasteiger partial charge is 0.378 e. The summed E-state index contributed by atoms with van der Waals surface area (Å²) in [4.78, 5) is 5.82. The van der Waals surface area contributed by atoms with E-state index in [4.69, 9.17) is 10.5 Å². The third-order valence-electron chi connectivity index (χ3n) is 5.06. The van der Waals surface area contributed by atoms with Gasteiger partial charge in [0.1, 0.15) is 0 Å². The molecule has 4 nitrogen and oxygen atoms in total. The summed E-state index contributed by atoms with van der Waals surface area (Å²) < 4.78 is 5.79. The van der Waals surface area contributed by atoms with Crippen molar-refractivity contribution in [3.05, 3.63) is 15.6 Å². The van der Waals surface area contributed by atoms with Crippen molar-refractivity contribution in [2.45, 2.75) is 65.6 Å². The monoisotopic (exact) mass is 311 g/mol. The fourth-order valence-electron chi connectivity index (χ4n) is 3.18. The van der Waals surface area contributed by atoms with Gasteiger partial charge in [0.05, 0.1) is 16.8 Å². The first kappa shape index (κ1) is 16.9. The molecule has 0 saturated heterocycles. The highest BCUT2D eigenvalue weighted by Crippen LogP contribution is 2.49. The Bertz CT molecular complexity index is 500. The van der Waals surface area contributed by atoms with E-state index in [1.165, 1.54) is 4.88 Å². The summed E-state index contributed by atoms with van der Waals surface area (Å²) in [6.07, 6.45) is 1.20. The van der Waals surface area contributed by atoms with E-state index in [2.05, 4.69) is 44.9 Å². The van der Waals surface area contributed by atoms with Crippen LogP contribution in [0.4, 0.5) is 0 Å². The lowest BCUT2D eigenvalue weighted by atomic mass is 9.54. The predicted octanol–water partition coefficient (Wildman–Crippen LogP) is 2.94. The zero-order valence-electron chi connectivity index (χ0n) is 14.1. The Morgan fingerprint density at radius 3 is 2.62 bits per heavy atom. The molecule has 0 amide bonds. The first-order chi connectivity index (χ1) is 9.71. The molecule has 3 unspecified atom stereocenters. The van der Waals surface area contributed by atoms with Crippen molar-refractivity contribution >= 4 is 11.3 Å². The van der Waals surface area contributed by atoms with Crippen LogP contribution in [0.5, 0.6) is 0 Å². The van der Waals surface area contributed by atoms with E-state index in [1.807, 2.05) is 6.92 Å². The standard InChI is InChI=1S/C16H29N3OS/c1-7-20-13-8-16(17,15(13,5)6)9-18-10(2)14-11(3)19-12(4)21-14/h10,13,18H,7-9,17H2,1-6H3. The van der Waals surface area contributed by atoms with Crippen LogP contribution in [-0.2, 0) is 4.74 Å². The average molecular weight is 311 g/mol. The van der Waals surface area contributed by atoms with Crippen molar-refractivity contribution in [3.63, 3.8) is 0 Å². The molecular weight excluding hydrogens is 282 g/mol. The third kappa shape index (κ3) is 3.02. The Morgan fingerprint density at radius 1 is 1.48 bits per heavy atom. The van der Waals surface area contributed by atoms with E-state index in [0.717, 1.165) is 30.3 Å². The van der Waals surface area contributed by atoms with Crippen molar-refractivity contribution in [2.24, 2.45) is 11.1 Å². The van der Waals surface area contributed by atoms with E-state index in [0.29, 0.717) is 6.04 Å². The first-order valence-corrected chi connectivity index (χ1v) is 8.60. The number of rotatable bonds is 6. The van der Waals surface area contributed by atoms with Crippen LogP contribution < -0.4 is 11.1 Å². The van der Waals surface area contributed by atoms with Crippen molar-refractivity contribution < 1.29 is 4.74 Å². The van der Waals surface area contributed by atoms with Crippen LogP contribution in [0, 0.1) is 19.3 Å². The Morgan fingerprint density at radius 2 is 2.14 bits per heavy atom. The predicted molar refractivity (Wildman–Crippen MR) is 88.7 cm³/mol. The molecule has 0 aliphatic heterocycles. The van der Waals surface area contributed by atoms with Crippen LogP contribution >= 0.6 is 11.3 Å². The van der Waals surface area contributed by atoms with Gasteiger partial charge in [-0.2, -0.15) is 0 Å². The molecule has 0 aromatic carbocycles. The van der Waals surface area contributed by atoms with Crippen LogP contribution in [0.2, 0.25) is 0 Å². The molecule has 1 heterocycles. The molecule has 3 N–H and O–H groups in total. The normalized spacial score (nSPS) is 29.2. The van der Waals surface area contributed by atoms with E-state index < -0.39 is 0 Å². The molecule has 0 radical (unpaired) electrons. The average Bonchev–Trinajstić information content (AvgIpc) is 2.75. The Balaban J connectivity index is 1.96. The molecule has 5 heteroatoms. The van der Waals surface area contributed by atoms with Crippen LogP contribution in [0.25, 0.3) is 0 Å². The summed E-state index contributed by atoms with van der Waals surface area (Å²) in [6, 6.07) is 0.290. The second-order valence-electron chi connectivity index (χ2n) is 6.81. The fraction of sp³-hybridized carbons (Fsp3) is 0.812. The second-order valence-corrected chi connectivity index (χ2v) is 8.05. The van der Waals surface area contributed by atoms with Gasteiger partial charge in [-0.05, 0) is 34.1 Å². The molecule has 120 valence electrons. The summed E-state index contributed by atoms with van der Waals surface area (Å²) in [5, 5.41) is 4.73. The van der Waals surface area contributed by atoms with E-state index >= 15 is 0 Å². The van der Waals surface area contributed by atoms with Gasteiger partial charge in [-0.3, -0.25) is 0 Å². The Kier molecular flexibility index (Phi) is 4.78. The highest BCUT2D eigenvalue weighted by Gasteiger charge is 2.58. The van der Waals surface area contributed by atoms with E-state index in [-0.39, 0.29) is 17.1 Å². The lowest BCUT2D eigenvalue weighted by molar-refractivity contribution is -0.148. The van der Waals surface area contributed by atoms with Gasteiger partial charge in [-0.1, -0.05) is 13.8 Å². The smallest absolute Gasteiger partial charge is 0.0900 e. The van der Waals surface area contributed by atoms with Gasteiger partial charge < -0.3 is 15.8 Å². The molecule has 0 bridgehead atoms. The van der Waals surface area contributed by atoms with Gasteiger partial charge in [-0.25, -0.2) is 4.98 Å². The van der Waals surface area contributed by atoms with Crippen molar-refractivity contribution in [1.29, 1.82) is 0 Å². The summed E-state index contributed by atoms with van der Waals surface area (Å²) in [5.74, 6) is 0. The summed E-state index contributed by atoms with van der Waals surface area (Å²) in [6.45, 7) is 14.4. The molecule has 1 aliphatic rings. The van der Waals surface area contributed by atoms with Crippen LogP contribution in [0.1, 0.15) is 55.7 Å².